The number of carbonyl (C=O) groups excluding carboxylic acids is 2. The molecule has 10 heteroatoms. The van der Waals surface area contributed by atoms with Gasteiger partial charge in [0.05, 0.1) is 24.5 Å². The van der Waals surface area contributed by atoms with E-state index in [4.69, 9.17) is 23.2 Å². The molecule has 30 heavy (non-hydrogen) atoms. The number of nitrogens with one attached hydrogen (secondary N) is 2. The predicted molar refractivity (Wildman–Crippen MR) is 118 cm³/mol. The number of amides is 2. The minimum Gasteiger partial charge on any atom is -0.342 e. The molecule has 2 aromatic rings. The van der Waals surface area contributed by atoms with Crippen molar-refractivity contribution in [3.8, 4) is 11.8 Å². The molecular formula is C20H22Cl2N6O2. The van der Waals surface area contributed by atoms with Crippen LogP contribution in [0.3, 0.4) is 0 Å². The molecule has 8 nitrogen and oxygen atoms in total. The maximum atomic E-state index is 11.8. The fraction of sp³-hybridized carbons (Fsp3) is 0.300. The van der Waals surface area contributed by atoms with Crippen LogP contribution in [0.25, 0.3) is 12.2 Å². The van der Waals surface area contributed by atoms with Gasteiger partial charge in [0.1, 0.15) is 10.3 Å². The average Bonchev–Trinajstić information content (AvgIpc) is 3.08. The van der Waals surface area contributed by atoms with E-state index in [0.29, 0.717) is 21.4 Å². The highest BCUT2D eigenvalue weighted by Crippen LogP contribution is 2.20. The molecule has 0 aliphatic carbocycles. The molecular weight excluding hydrogens is 427 g/mol. The van der Waals surface area contributed by atoms with E-state index in [-0.39, 0.29) is 24.9 Å². The van der Waals surface area contributed by atoms with Gasteiger partial charge in [-0.3, -0.25) is 19.0 Å². The summed E-state index contributed by atoms with van der Waals surface area (Å²) in [6.07, 6.45) is 5.96. The highest BCUT2D eigenvalue weighted by Gasteiger charge is 2.09. The smallest absolute Gasteiger partial charge is 0.244 e. The Morgan fingerprint density at radius 2 is 1.23 bits per heavy atom. The van der Waals surface area contributed by atoms with Crippen LogP contribution in [0.1, 0.15) is 22.5 Å². The Kier molecular flexibility index (Phi) is 8.27. The van der Waals surface area contributed by atoms with E-state index in [9.17, 15) is 9.59 Å². The van der Waals surface area contributed by atoms with E-state index >= 15 is 0 Å². The fourth-order valence-electron chi connectivity index (χ4n) is 2.49. The number of hydrogen-bond acceptors (Lipinski definition) is 4. The van der Waals surface area contributed by atoms with Crippen LogP contribution in [-0.4, -0.2) is 44.5 Å². The summed E-state index contributed by atoms with van der Waals surface area (Å²) < 4.78 is 3.08. The largest absolute Gasteiger partial charge is 0.342 e. The Labute approximate surface area is 184 Å². The number of nitrogens with zero attached hydrogens (tertiary/aromatic N) is 4. The molecule has 0 radical (unpaired) electrons. The summed E-state index contributed by atoms with van der Waals surface area (Å²) in [5.41, 5.74) is 2.85. The number of aromatic nitrogens is 4. The molecule has 2 amide bonds. The van der Waals surface area contributed by atoms with Crippen LogP contribution >= 0.6 is 23.2 Å². The minimum atomic E-state index is -0.306. The zero-order valence-corrected chi connectivity index (χ0v) is 18.6. The summed E-state index contributed by atoms with van der Waals surface area (Å²) in [4.78, 5) is 23.7. The van der Waals surface area contributed by atoms with Gasteiger partial charge in [-0.1, -0.05) is 35.0 Å². The van der Waals surface area contributed by atoms with Gasteiger partial charge in [-0.05, 0) is 26.0 Å². The molecule has 0 spiro atoms. The lowest BCUT2D eigenvalue weighted by Gasteiger charge is -1.97. The number of halogens is 2. The van der Waals surface area contributed by atoms with E-state index in [1.165, 1.54) is 21.5 Å². The molecule has 0 fully saturated rings. The quantitative estimate of drug-likeness (QED) is 0.522. The third-order valence-electron chi connectivity index (χ3n) is 4.02. The van der Waals surface area contributed by atoms with Crippen LogP contribution in [0.4, 0.5) is 0 Å². The van der Waals surface area contributed by atoms with Gasteiger partial charge < -0.3 is 10.6 Å². The van der Waals surface area contributed by atoms with Crippen molar-refractivity contribution in [2.75, 3.05) is 13.1 Å². The highest BCUT2D eigenvalue weighted by molar-refractivity contribution is 6.31. The summed E-state index contributed by atoms with van der Waals surface area (Å²) >= 11 is 12.2. The molecule has 2 aromatic heterocycles. The normalized spacial score (nSPS) is 11.0. The van der Waals surface area contributed by atoms with Crippen molar-refractivity contribution in [2.24, 2.45) is 14.1 Å². The Bertz CT molecular complexity index is 987. The van der Waals surface area contributed by atoms with E-state index < -0.39 is 0 Å². The lowest BCUT2D eigenvalue weighted by molar-refractivity contribution is -0.117. The van der Waals surface area contributed by atoms with Gasteiger partial charge in [0, 0.05) is 37.4 Å². The maximum absolute atomic E-state index is 11.8. The second-order valence-corrected chi connectivity index (χ2v) is 7.00. The van der Waals surface area contributed by atoms with E-state index in [1.54, 1.807) is 26.2 Å². The molecule has 158 valence electrons. The lowest BCUT2D eigenvalue weighted by Crippen LogP contribution is -2.23. The van der Waals surface area contributed by atoms with E-state index in [1.807, 2.05) is 13.8 Å². The monoisotopic (exact) mass is 448 g/mol. The van der Waals surface area contributed by atoms with Gasteiger partial charge in [0.15, 0.2) is 0 Å². The van der Waals surface area contributed by atoms with Gasteiger partial charge in [0.25, 0.3) is 0 Å². The topological polar surface area (TPSA) is 93.8 Å². The van der Waals surface area contributed by atoms with Crippen molar-refractivity contribution < 1.29 is 9.59 Å². The standard InChI is InChI=1S/C20H22Cl2N6O2/c1-13-15(19(21)27(3)25-13)7-9-17(29)23-11-5-6-12-24-18(30)10-8-16-14(2)26-28(4)20(16)22/h7-10H,11-12H2,1-4H3,(H,23,29)(H,24,30)/b9-7+,10-8+. The summed E-state index contributed by atoms with van der Waals surface area (Å²) in [5.74, 6) is 4.91. The van der Waals surface area contributed by atoms with Crippen LogP contribution in [0.2, 0.25) is 10.3 Å². The summed E-state index contributed by atoms with van der Waals surface area (Å²) in [7, 11) is 3.46. The zero-order chi connectivity index (χ0) is 22.3. The predicted octanol–water partition coefficient (Wildman–Crippen LogP) is 2.04. The maximum Gasteiger partial charge on any atom is 0.244 e. The van der Waals surface area contributed by atoms with Crippen molar-refractivity contribution >= 4 is 47.2 Å². The number of rotatable bonds is 6. The molecule has 0 bridgehead atoms. The Balaban J connectivity index is 1.73. The van der Waals surface area contributed by atoms with Crippen molar-refractivity contribution in [1.82, 2.24) is 30.2 Å². The van der Waals surface area contributed by atoms with Crippen LogP contribution in [-0.2, 0) is 23.7 Å². The molecule has 2 N–H and O–H groups in total. The third kappa shape index (κ3) is 6.24. The van der Waals surface area contributed by atoms with Crippen LogP contribution in [0, 0.1) is 25.7 Å². The number of aryl methyl sites for hydroxylation is 4. The molecule has 0 saturated carbocycles. The Morgan fingerprint density at radius 3 is 1.53 bits per heavy atom. The first kappa shape index (κ1) is 23.3. The van der Waals surface area contributed by atoms with Crippen LogP contribution < -0.4 is 10.6 Å². The first-order chi connectivity index (χ1) is 14.2. The second-order valence-electron chi connectivity index (χ2n) is 6.28. The van der Waals surface area contributed by atoms with Crippen molar-refractivity contribution in [3.05, 3.63) is 45.0 Å². The van der Waals surface area contributed by atoms with Crippen LogP contribution in [0.5, 0.6) is 0 Å². The summed E-state index contributed by atoms with van der Waals surface area (Å²) in [6, 6.07) is 0. The van der Waals surface area contributed by atoms with Gasteiger partial charge in [-0.25, -0.2) is 0 Å². The van der Waals surface area contributed by atoms with Gasteiger partial charge in [-0.15, -0.1) is 0 Å². The minimum absolute atomic E-state index is 0.152. The molecule has 0 saturated heterocycles. The average molecular weight is 449 g/mol. The Morgan fingerprint density at radius 1 is 0.867 bits per heavy atom. The molecule has 2 rings (SSSR count). The molecule has 0 unspecified atom stereocenters. The summed E-state index contributed by atoms with van der Waals surface area (Å²) in [5, 5.41) is 14.5. The zero-order valence-electron chi connectivity index (χ0n) is 17.1. The van der Waals surface area contributed by atoms with Crippen molar-refractivity contribution in [1.29, 1.82) is 0 Å². The molecule has 2 heterocycles. The third-order valence-corrected chi connectivity index (χ3v) is 4.92. The number of hydrogen-bond donors (Lipinski definition) is 2. The molecule has 0 atom stereocenters. The SMILES string of the molecule is Cc1nn(C)c(Cl)c1/C=C/C(=O)NCC#CCNC(=O)/C=C/c1c(C)nn(C)c1Cl. The first-order valence-electron chi connectivity index (χ1n) is 8.96. The second kappa shape index (κ2) is 10.7. The molecule has 0 aliphatic heterocycles. The van der Waals surface area contributed by atoms with Gasteiger partial charge in [0.2, 0.25) is 11.8 Å². The lowest BCUT2D eigenvalue weighted by atomic mass is 10.2. The molecule has 0 aliphatic rings. The van der Waals surface area contributed by atoms with Crippen molar-refractivity contribution in [2.45, 2.75) is 13.8 Å². The van der Waals surface area contributed by atoms with E-state index in [2.05, 4.69) is 32.7 Å². The van der Waals surface area contributed by atoms with Crippen LogP contribution in [0.15, 0.2) is 12.2 Å². The fourth-order valence-corrected chi connectivity index (χ4v) is 2.97. The summed E-state index contributed by atoms with van der Waals surface area (Å²) in [6.45, 7) is 3.92. The molecule has 0 aromatic carbocycles. The van der Waals surface area contributed by atoms with Gasteiger partial charge in [-0.2, -0.15) is 10.2 Å². The van der Waals surface area contributed by atoms with Crippen molar-refractivity contribution in [3.63, 3.8) is 0 Å². The number of carbonyl (C=O) groups is 2. The highest BCUT2D eigenvalue weighted by atomic mass is 35.5. The van der Waals surface area contributed by atoms with Gasteiger partial charge >= 0.3 is 0 Å². The Hall–Kier alpha value is -3.02. The first-order valence-corrected chi connectivity index (χ1v) is 9.72. The van der Waals surface area contributed by atoms with E-state index in [0.717, 1.165) is 11.4 Å².